The first-order valence-corrected chi connectivity index (χ1v) is 11.8. The highest BCUT2D eigenvalue weighted by Gasteiger charge is 2.37. The summed E-state index contributed by atoms with van der Waals surface area (Å²) in [6, 6.07) is 11.8. The first kappa shape index (κ1) is 20.8. The number of rotatable bonds is 6. The number of nitrogens with zero attached hydrogens (tertiary/aromatic N) is 1. The first-order valence-electron chi connectivity index (χ1n) is 9.10. The van der Waals surface area contributed by atoms with Gasteiger partial charge in [0.05, 0.1) is 4.90 Å². The van der Waals surface area contributed by atoms with Gasteiger partial charge in [0.1, 0.15) is 11.9 Å². The van der Waals surface area contributed by atoms with E-state index in [-0.39, 0.29) is 17.3 Å². The molecular formula is C20H23FN2O3S2. The largest absolute Gasteiger partial charge is 0.351 e. The Morgan fingerprint density at radius 2 is 1.82 bits per heavy atom. The minimum absolute atomic E-state index is 0.00116. The molecule has 1 atom stereocenters. The van der Waals surface area contributed by atoms with Gasteiger partial charge in [0.25, 0.3) is 0 Å². The van der Waals surface area contributed by atoms with Crippen LogP contribution < -0.4 is 5.32 Å². The van der Waals surface area contributed by atoms with E-state index in [1.807, 2.05) is 30.5 Å². The molecule has 0 aliphatic carbocycles. The molecule has 0 radical (unpaired) electrons. The standard InChI is InChI=1S/C20H23FN2O3S2/c1-27-17-9-5-15(6-10-17)14-22-20(24)19-4-2-3-13-23(19)28(25,26)18-11-7-16(21)8-12-18/h5-12,19H,2-4,13-14H2,1H3,(H,22,24)/t19-/m0/s1. The summed E-state index contributed by atoms with van der Waals surface area (Å²) >= 11 is 1.64. The van der Waals surface area contributed by atoms with E-state index in [1.165, 1.54) is 16.4 Å². The van der Waals surface area contributed by atoms with E-state index in [9.17, 15) is 17.6 Å². The van der Waals surface area contributed by atoms with Crippen molar-refractivity contribution in [3.8, 4) is 0 Å². The fraction of sp³-hybridized carbons (Fsp3) is 0.350. The molecule has 1 heterocycles. The predicted molar refractivity (Wildman–Crippen MR) is 108 cm³/mol. The fourth-order valence-electron chi connectivity index (χ4n) is 3.25. The van der Waals surface area contributed by atoms with Gasteiger partial charge in [0.15, 0.2) is 0 Å². The van der Waals surface area contributed by atoms with Crippen LogP contribution in [0.2, 0.25) is 0 Å². The second-order valence-corrected chi connectivity index (χ2v) is 9.42. The molecule has 1 aliphatic rings. The normalized spacial score (nSPS) is 18.0. The molecule has 1 saturated heterocycles. The SMILES string of the molecule is CSc1ccc(CNC(=O)[C@@H]2CCCCN2S(=O)(=O)c2ccc(F)cc2)cc1. The molecule has 28 heavy (non-hydrogen) atoms. The second kappa shape index (κ2) is 9.07. The van der Waals surface area contributed by atoms with Crippen LogP contribution in [0.5, 0.6) is 0 Å². The van der Waals surface area contributed by atoms with E-state index in [4.69, 9.17) is 0 Å². The molecule has 1 amide bonds. The molecule has 0 aromatic heterocycles. The third-order valence-corrected chi connectivity index (χ3v) is 7.47. The molecule has 150 valence electrons. The molecular weight excluding hydrogens is 399 g/mol. The van der Waals surface area contributed by atoms with E-state index in [0.29, 0.717) is 19.4 Å². The van der Waals surface area contributed by atoms with Crippen molar-refractivity contribution in [2.24, 2.45) is 0 Å². The molecule has 1 fully saturated rings. The summed E-state index contributed by atoms with van der Waals surface area (Å²) in [6.07, 6.45) is 3.95. The zero-order valence-electron chi connectivity index (χ0n) is 15.6. The summed E-state index contributed by atoms with van der Waals surface area (Å²) in [6.45, 7) is 0.620. The van der Waals surface area contributed by atoms with Crippen molar-refractivity contribution >= 4 is 27.7 Å². The van der Waals surface area contributed by atoms with Gasteiger partial charge in [-0.25, -0.2) is 12.8 Å². The van der Waals surface area contributed by atoms with Crippen molar-refractivity contribution in [3.63, 3.8) is 0 Å². The van der Waals surface area contributed by atoms with Crippen LogP contribution in [0, 0.1) is 5.82 Å². The van der Waals surface area contributed by atoms with E-state index >= 15 is 0 Å². The van der Waals surface area contributed by atoms with Crippen molar-refractivity contribution in [1.29, 1.82) is 0 Å². The third-order valence-electron chi connectivity index (χ3n) is 4.80. The third kappa shape index (κ3) is 4.74. The van der Waals surface area contributed by atoms with Crippen LogP contribution in [0.3, 0.4) is 0 Å². The van der Waals surface area contributed by atoms with Crippen molar-refractivity contribution < 1.29 is 17.6 Å². The smallest absolute Gasteiger partial charge is 0.243 e. The molecule has 5 nitrogen and oxygen atoms in total. The van der Waals surface area contributed by atoms with Gasteiger partial charge in [-0.3, -0.25) is 4.79 Å². The van der Waals surface area contributed by atoms with Gasteiger partial charge in [0, 0.05) is 18.0 Å². The molecule has 1 aliphatic heterocycles. The van der Waals surface area contributed by atoms with E-state index in [2.05, 4.69) is 5.32 Å². The van der Waals surface area contributed by atoms with E-state index in [0.717, 1.165) is 29.0 Å². The maximum Gasteiger partial charge on any atom is 0.243 e. The van der Waals surface area contributed by atoms with Gasteiger partial charge >= 0.3 is 0 Å². The van der Waals surface area contributed by atoms with Crippen LogP contribution in [-0.4, -0.2) is 37.5 Å². The summed E-state index contributed by atoms with van der Waals surface area (Å²) in [5, 5.41) is 2.86. The fourth-order valence-corrected chi connectivity index (χ4v) is 5.31. The number of carbonyl (C=O) groups is 1. The Morgan fingerprint density at radius 3 is 2.46 bits per heavy atom. The number of thioether (sulfide) groups is 1. The van der Waals surface area contributed by atoms with Gasteiger partial charge in [-0.1, -0.05) is 18.6 Å². The molecule has 0 unspecified atom stereocenters. The van der Waals surface area contributed by atoms with Crippen molar-refractivity contribution in [2.75, 3.05) is 12.8 Å². The number of sulfonamides is 1. The van der Waals surface area contributed by atoms with Gasteiger partial charge in [0.2, 0.25) is 15.9 Å². The van der Waals surface area contributed by atoms with Crippen molar-refractivity contribution in [3.05, 3.63) is 59.9 Å². The lowest BCUT2D eigenvalue weighted by Crippen LogP contribution is -2.51. The monoisotopic (exact) mass is 422 g/mol. The summed E-state index contributed by atoms with van der Waals surface area (Å²) in [7, 11) is -3.86. The minimum Gasteiger partial charge on any atom is -0.351 e. The lowest BCUT2D eigenvalue weighted by molar-refractivity contribution is -0.125. The number of halogens is 1. The highest BCUT2D eigenvalue weighted by Crippen LogP contribution is 2.26. The Bertz CT molecular complexity index is 915. The van der Waals surface area contributed by atoms with Crippen LogP contribution >= 0.6 is 11.8 Å². The number of amides is 1. The quantitative estimate of drug-likeness (QED) is 0.725. The summed E-state index contributed by atoms with van der Waals surface area (Å²) < 4.78 is 40.4. The van der Waals surface area contributed by atoms with E-state index < -0.39 is 21.9 Å². The molecule has 2 aromatic carbocycles. The Balaban J connectivity index is 1.72. The molecule has 2 aromatic rings. The number of carbonyl (C=O) groups excluding carboxylic acids is 1. The van der Waals surface area contributed by atoms with Crippen LogP contribution in [0.4, 0.5) is 4.39 Å². The number of benzene rings is 2. The van der Waals surface area contributed by atoms with E-state index in [1.54, 1.807) is 11.8 Å². The Kier molecular flexibility index (Phi) is 6.74. The molecule has 8 heteroatoms. The van der Waals surface area contributed by atoms with Crippen LogP contribution in [0.1, 0.15) is 24.8 Å². The van der Waals surface area contributed by atoms with Crippen LogP contribution in [-0.2, 0) is 21.4 Å². The second-order valence-electron chi connectivity index (χ2n) is 6.65. The van der Waals surface area contributed by atoms with Crippen molar-refractivity contribution in [2.45, 2.75) is 41.6 Å². The number of hydrogen-bond acceptors (Lipinski definition) is 4. The van der Waals surface area contributed by atoms with Gasteiger partial charge in [-0.15, -0.1) is 11.8 Å². The highest BCUT2D eigenvalue weighted by atomic mass is 32.2. The highest BCUT2D eigenvalue weighted by molar-refractivity contribution is 7.98. The molecule has 3 rings (SSSR count). The zero-order chi connectivity index (χ0) is 20.1. The van der Waals surface area contributed by atoms with Gasteiger partial charge < -0.3 is 5.32 Å². The maximum absolute atomic E-state index is 13.2. The average Bonchev–Trinajstić information content (AvgIpc) is 2.72. The van der Waals surface area contributed by atoms with Crippen molar-refractivity contribution in [1.82, 2.24) is 9.62 Å². The number of nitrogens with one attached hydrogen (secondary N) is 1. The molecule has 1 N–H and O–H groups in total. The zero-order valence-corrected chi connectivity index (χ0v) is 17.2. The first-order chi connectivity index (χ1) is 13.4. The van der Waals surface area contributed by atoms with Crippen LogP contribution in [0.25, 0.3) is 0 Å². The average molecular weight is 423 g/mol. The van der Waals surface area contributed by atoms with Gasteiger partial charge in [-0.2, -0.15) is 4.31 Å². The Hall–Kier alpha value is -1.90. The molecule has 0 saturated carbocycles. The Morgan fingerprint density at radius 1 is 1.14 bits per heavy atom. The Labute approximate surface area is 169 Å². The maximum atomic E-state index is 13.2. The minimum atomic E-state index is -3.86. The topological polar surface area (TPSA) is 66.5 Å². The summed E-state index contributed by atoms with van der Waals surface area (Å²) in [5.41, 5.74) is 0.954. The molecule has 0 spiro atoms. The number of piperidine rings is 1. The molecule has 0 bridgehead atoms. The lowest BCUT2D eigenvalue weighted by Gasteiger charge is -2.33. The number of hydrogen-bond donors (Lipinski definition) is 1. The van der Waals surface area contributed by atoms with Crippen LogP contribution in [0.15, 0.2) is 58.3 Å². The lowest BCUT2D eigenvalue weighted by atomic mass is 10.0. The predicted octanol–water partition coefficient (Wildman–Crippen LogP) is 3.41. The summed E-state index contributed by atoms with van der Waals surface area (Å²) in [5.74, 6) is -0.807. The van der Waals surface area contributed by atoms with Gasteiger partial charge in [-0.05, 0) is 61.1 Å². The summed E-state index contributed by atoms with van der Waals surface area (Å²) in [4.78, 5) is 13.9.